The Bertz CT molecular complexity index is 1250. The van der Waals surface area contributed by atoms with Crippen molar-refractivity contribution in [1.29, 1.82) is 0 Å². The summed E-state index contributed by atoms with van der Waals surface area (Å²) in [5.74, 6) is 0.204. The molecule has 2 heterocycles. The molecular weight excluding hydrogens is 405 g/mol. The maximum atomic E-state index is 13.5. The molecule has 0 atom stereocenters. The third kappa shape index (κ3) is 3.84. The van der Waals surface area contributed by atoms with E-state index in [0.29, 0.717) is 11.8 Å². The Kier molecular flexibility index (Phi) is 5.35. The fourth-order valence-corrected chi connectivity index (χ4v) is 4.37. The van der Waals surface area contributed by atoms with E-state index in [1.807, 2.05) is 43.6 Å². The van der Waals surface area contributed by atoms with Crippen molar-refractivity contribution in [1.82, 2.24) is 9.55 Å². The SMILES string of the molecule is Cc1ccccc1NC(=O)c1ccc(-c2c(-c3ccc(F)cc3)ncn2C2CCCC2)o1. The number of aromatic nitrogens is 2. The standard InChI is InChI=1S/C26H24FN3O2/c1-17-6-2-5-9-21(17)29-26(31)23-15-14-22(32-23)25-24(18-10-12-19(27)13-11-18)28-16-30(25)20-7-3-4-8-20/h2,5-6,9-16,20H,3-4,7-8H2,1H3,(H,29,31). The van der Waals surface area contributed by atoms with E-state index in [-0.39, 0.29) is 17.5 Å². The van der Waals surface area contributed by atoms with Crippen LogP contribution in [0.4, 0.5) is 10.1 Å². The van der Waals surface area contributed by atoms with Crippen LogP contribution in [0.2, 0.25) is 0 Å². The van der Waals surface area contributed by atoms with Gasteiger partial charge in [0.2, 0.25) is 0 Å². The van der Waals surface area contributed by atoms with Gasteiger partial charge < -0.3 is 14.3 Å². The lowest BCUT2D eigenvalue weighted by Crippen LogP contribution is -2.11. The predicted molar refractivity (Wildman–Crippen MR) is 122 cm³/mol. The van der Waals surface area contributed by atoms with Gasteiger partial charge in [-0.1, -0.05) is 31.0 Å². The molecule has 0 aliphatic heterocycles. The van der Waals surface area contributed by atoms with Crippen LogP contribution in [-0.2, 0) is 0 Å². The first-order valence-electron chi connectivity index (χ1n) is 10.9. The summed E-state index contributed by atoms with van der Waals surface area (Å²) >= 11 is 0. The number of hydrogen-bond acceptors (Lipinski definition) is 3. The number of para-hydroxylation sites is 1. The zero-order valence-corrected chi connectivity index (χ0v) is 17.8. The molecule has 1 amide bonds. The largest absolute Gasteiger partial charge is 0.449 e. The molecule has 5 nitrogen and oxygen atoms in total. The summed E-state index contributed by atoms with van der Waals surface area (Å²) in [5.41, 5.74) is 4.07. The molecule has 32 heavy (non-hydrogen) atoms. The molecule has 0 unspecified atom stereocenters. The second kappa shape index (κ2) is 8.46. The molecule has 2 aromatic heterocycles. The van der Waals surface area contributed by atoms with E-state index in [2.05, 4.69) is 14.9 Å². The molecule has 1 fully saturated rings. The van der Waals surface area contributed by atoms with Gasteiger partial charge in [-0.25, -0.2) is 9.37 Å². The van der Waals surface area contributed by atoms with Gasteiger partial charge in [0, 0.05) is 17.3 Å². The first-order chi connectivity index (χ1) is 15.6. The average molecular weight is 429 g/mol. The molecule has 1 aliphatic rings. The Hall–Kier alpha value is -3.67. The highest BCUT2D eigenvalue weighted by Gasteiger charge is 2.26. The third-order valence-corrected chi connectivity index (χ3v) is 6.09. The Balaban J connectivity index is 1.52. The normalized spacial score (nSPS) is 14.1. The van der Waals surface area contributed by atoms with Gasteiger partial charge in [-0.3, -0.25) is 4.79 Å². The molecule has 1 N–H and O–H groups in total. The van der Waals surface area contributed by atoms with Crippen molar-refractivity contribution in [3.05, 3.63) is 84.1 Å². The van der Waals surface area contributed by atoms with Gasteiger partial charge in [-0.15, -0.1) is 0 Å². The number of halogens is 1. The Morgan fingerprint density at radius 2 is 1.81 bits per heavy atom. The molecule has 0 spiro atoms. The maximum absolute atomic E-state index is 13.5. The van der Waals surface area contributed by atoms with Gasteiger partial charge in [0.25, 0.3) is 5.91 Å². The second-order valence-corrected chi connectivity index (χ2v) is 8.23. The van der Waals surface area contributed by atoms with Crippen molar-refractivity contribution >= 4 is 11.6 Å². The molecule has 0 radical (unpaired) electrons. The van der Waals surface area contributed by atoms with Crippen molar-refractivity contribution in [3.8, 4) is 22.7 Å². The number of benzene rings is 2. The average Bonchev–Trinajstić information content (AvgIpc) is 3.55. The van der Waals surface area contributed by atoms with Crippen molar-refractivity contribution in [2.45, 2.75) is 38.6 Å². The Labute approximate surface area is 185 Å². The predicted octanol–water partition coefficient (Wildman–Crippen LogP) is 6.63. The van der Waals surface area contributed by atoms with Gasteiger partial charge >= 0.3 is 0 Å². The first kappa shape index (κ1) is 20.2. The zero-order chi connectivity index (χ0) is 22.1. The van der Waals surface area contributed by atoms with E-state index in [1.165, 1.54) is 25.0 Å². The van der Waals surface area contributed by atoms with E-state index >= 15 is 0 Å². The van der Waals surface area contributed by atoms with Crippen LogP contribution in [0.1, 0.15) is 47.8 Å². The highest BCUT2D eigenvalue weighted by Crippen LogP contribution is 2.39. The number of imidazole rings is 1. The minimum absolute atomic E-state index is 0.229. The zero-order valence-electron chi connectivity index (χ0n) is 17.8. The molecule has 162 valence electrons. The number of carbonyl (C=O) groups excluding carboxylic acids is 1. The van der Waals surface area contributed by atoms with Crippen molar-refractivity contribution in [2.75, 3.05) is 5.32 Å². The van der Waals surface area contributed by atoms with E-state index in [1.54, 1.807) is 18.2 Å². The number of furan rings is 1. The minimum atomic E-state index is -0.305. The van der Waals surface area contributed by atoms with Gasteiger partial charge in [0.05, 0.1) is 12.0 Å². The highest BCUT2D eigenvalue weighted by atomic mass is 19.1. The number of anilines is 1. The van der Waals surface area contributed by atoms with Crippen LogP contribution < -0.4 is 5.32 Å². The first-order valence-corrected chi connectivity index (χ1v) is 10.9. The van der Waals surface area contributed by atoms with Crippen molar-refractivity contribution in [2.24, 2.45) is 0 Å². The number of amides is 1. The number of hydrogen-bond donors (Lipinski definition) is 1. The monoisotopic (exact) mass is 429 g/mol. The summed E-state index contributed by atoms with van der Waals surface area (Å²) in [6, 6.07) is 17.7. The molecule has 1 aliphatic carbocycles. The molecule has 0 bridgehead atoms. The lowest BCUT2D eigenvalue weighted by Gasteiger charge is -2.15. The fourth-order valence-electron chi connectivity index (χ4n) is 4.37. The van der Waals surface area contributed by atoms with E-state index in [4.69, 9.17) is 4.42 Å². The van der Waals surface area contributed by atoms with Crippen LogP contribution in [0.5, 0.6) is 0 Å². The summed E-state index contributed by atoms with van der Waals surface area (Å²) in [4.78, 5) is 17.5. The quantitative estimate of drug-likeness (QED) is 0.388. The molecule has 6 heteroatoms. The lowest BCUT2D eigenvalue weighted by atomic mass is 10.1. The van der Waals surface area contributed by atoms with Gasteiger partial charge in [0.1, 0.15) is 11.5 Å². The fraction of sp³-hybridized carbons (Fsp3) is 0.231. The van der Waals surface area contributed by atoms with Gasteiger partial charge in [-0.2, -0.15) is 0 Å². The van der Waals surface area contributed by atoms with Crippen LogP contribution in [0.3, 0.4) is 0 Å². The number of aryl methyl sites for hydroxylation is 1. The van der Waals surface area contributed by atoms with E-state index in [9.17, 15) is 9.18 Å². The van der Waals surface area contributed by atoms with E-state index in [0.717, 1.165) is 41.0 Å². The number of nitrogens with one attached hydrogen (secondary N) is 1. The number of rotatable bonds is 5. The topological polar surface area (TPSA) is 60.1 Å². The Morgan fingerprint density at radius 1 is 1.06 bits per heavy atom. The smallest absolute Gasteiger partial charge is 0.291 e. The summed E-state index contributed by atoms with van der Waals surface area (Å²) in [6.07, 6.45) is 6.34. The summed E-state index contributed by atoms with van der Waals surface area (Å²) in [7, 11) is 0. The molecule has 1 saturated carbocycles. The number of nitrogens with zero attached hydrogens (tertiary/aromatic N) is 2. The summed E-state index contributed by atoms with van der Waals surface area (Å²) in [5, 5.41) is 2.91. The van der Waals surface area contributed by atoms with Crippen LogP contribution in [-0.4, -0.2) is 15.5 Å². The van der Waals surface area contributed by atoms with Crippen LogP contribution in [0.15, 0.2) is 71.4 Å². The van der Waals surface area contributed by atoms with Gasteiger partial charge in [0.15, 0.2) is 11.5 Å². The van der Waals surface area contributed by atoms with E-state index < -0.39 is 0 Å². The van der Waals surface area contributed by atoms with Gasteiger partial charge in [-0.05, 0) is 67.8 Å². The molecular formula is C26H24FN3O2. The minimum Gasteiger partial charge on any atom is -0.449 e. The second-order valence-electron chi connectivity index (χ2n) is 8.23. The van der Waals surface area contributed by atoms with Crippen molar-refractivity contribution < 1.29 is 13.6 Å². The summed E-state index contributed by atoms with van der Waals surface area (Å²) in [6.45, 7) is 1.94. The van der Waals surface area contributed by atoms with Crippen LogP contribution in [0.25, 0.3) is 22.7 Å². The molecule has 5 rings (SSSR count). The Morgan fingerprint density at radius 3 is 2.56 bits per heavy atom. The summed E-state index contributed by atoms with van der Waals surface area (Å²) < 4.78 is 21.7. The van der Waals surface area contributed by atoms with Crippen molar-refractivity contribution in [3.63, 3.8) is 0 Å². The lowest BCUT2D eigenvalue weighted by molar-refractivity contribution is 0.0997. The molecule has 4 aromatic rings. The maximum Gasteiger partial charge on any atom is 0.291 e. The van der Waals surface area contributed by atoms with Crippen LogP contribution >= 0.6 is 0 Å². The molecule has 0 saturated heterocycles. The molecule has 2 aromatic carbocycles. The number of carbonyl (C=O) groups is 1. The van der Waals surface area contributed by atoms with Crippen LogP contribution in [0, 0.1) is 12.7 Å². The highest BCUT2D eigenvalue weighted by molar-refractivity contribution is 6.03. The third-order valence-electron chi connectivity index (χ3n) is 6.09.